The van der Waals surface area contributed by atoms with Gasteiger partial charge in [0, 0.05) is 18.6 Å². The summed E-state index contributed by atoms with van der Waals surface area (Å²) in [7, 11) is 0. The van der Waals surface area contributed by atoms with Gasteiger partial charge in [0.15, 0.2) is 5.69 Å². The van der Waals surface area contributed by atoms with Crippen molar-refractivity contribution in [2.75, 3.05) is 5.32 Å². The number of carboxylic acid groups (broad SMARTS) is 1. The van der Waals surface area contributed by atoms with Crippen molar-refractivity contribution in [3.05, 3.63) is 42.2 Å². The molecular weight excluding hydrogens is 274 g/mol. The van der Waals surface area contributed by atoms with Gasteiger partial charge in [-0.05, 0) is 18.6 Å². The van der Waals surface area contributed by atoms with Crippen LogP contribution in [0, 0.1) is 0 Å². The molecule has 0 aliphatic rings. The number of aromatic nitrogens is 3. The summed E-state index contributed by atoms with van der Waals surface area (Å²) in [6, 6.07) is 2.22. The standard InChI is InChI=1S/C13H15N5O3/c1-2-8(11-15-6-7-16-11)17-13(21)18-9-4-3-5-14-10(9)12(19)20/h3-8H,2H2,1H3,(H,15,16)(H,19,20)(H2,17,18,21). The first-order chi connectivity index (χ1) is 10.1. The first-order valence-corrected chi connectivity index (χ1v) is 6.37. The molecule has 8 nitrogen and oxygen atoms in total. The van der Waals surface area contributed by atoms with Crippen molar-refractivity contribution in [1.82, 2.24) is 20.3 Å². The Morgan fingerprint density at radius 2 is 2.19 bits per heavy atom. The molecule has 8 heteroatoms. The lowest BCUT2D eigenvalue weighted by Crippen LogP contribution is -2.33. The lowest BCUT2D eigenvalue weighted by molar-refractivity contribution is 0.0691. The fourth-order valence-corrected chi connectivity index (χ4v) is 1.83. The van der Waals surface area contributed by atoms with E-state index in [1.165, 1.54) is 12.3 Å². The van der Waals surface area contributed by atoms with Crippen LogP contribution in [0.3, 0.4) is 0 Å². The van der Waals surface area contributed by atoms with E-state index >= 15 is 0 Å². The van der Waals surface area contributed by atoms with E-state index in [1.54, 1.807) is 18.5 Å². The largest absolute Gasteiger partial charge is 0.476 e. The molecule has 0 fully saturated rings. The lowest BCUT2D eigenvalue weighted by Gasteiger charge is -2.15. The number of nitrogens with zero attached hydrogens (tertiary/aromatic N) is 2. The number of H-pyrrole nitrogens is 1. The van der Waals surface area contributed by atoms with Crippen LogP contribution < -0.4 is 10.6 Å². The summed E-state index contributed by atoms with van der Waals surface area (Å²) in [5.41, 5.74) is -0.0736. The molecule has 0 aliphatic heterocycles. The quantitative estimate of drug-likeness (QED) is 0.668. The van der Waals surface area contributed by atoms with Crippen molar-refractivity contribution in [2.24, 2.45) is 0 Å². The molecule has 0 saturated carbocycles. The zero-order valence-corrected chi connectivity index (χ0v) is 11.3. The summed E-state index contributed by atoms with van der Waals surface area (Å²) >= 11 is 0. The van der Waals surface area contributed by atoms with E-state index in [-0.39, 0.29) is 17.4 Å². The van der Waals surface area contributed by atoms with Gasteiger partial charge in [0.25, 0.3) is 0 Å². The molecule has 110 valence electrons. The average Bonchev–Trinajstić information content (AvgIpc) is 2.99. The van der Waals surface area contributed by atoms with Crippen LogP contribution in [0.5, 0.6) is 0 Å². The number of anilines is 1. The molecule has 2 aromatic rings. The number of carbonyl (C=O) groups is 2. The van der Waals surface area contributed by atoms with Crippen LogP contribution in [0.2, 0.25) is 0 Å². The lowest BCUT2D eigenvalue weighted by atomic mass is 10.2. The first-order valence-electron chi connectivity index (χ1n) is 6.37. The highest BCUT2D eigenvalue weighted by Crippen LogP contribution is 2.14. The molecule has 0 saturated heterocycles. The molecule has 1 atom stereocenters. The van der Waals surface area contributed by atoms with Gasteiger partial charge in [0.2, 0.25) is 0 Å². The van der Waals surface area contributed by atoms with Crippen LogP contribution in [-0.4, -0.2) is 32.1 Å². The highest BCUT2D eigenvalue weighted by atomic mass is 16.4. The number of hydrogen-bond donors (Lipinski definition) is 4. The molecule has 0 aromatic carbocycles. The van der Waals surface area contributed by atoms with E-state index in [0.29, 0.717) is 12.2 Å². The summed E-state index contributed by atoms with van der Waals surface area (Å²) in [5.74, 6) is -0.568. The van der Waals surface area contributed by atoms with E-state index in [2.05, 4.69) is 25.6 Å². The van der Waals surface area contributed by atoms with Crippen LogP contribution >= 0.6 is 0 Å². The predicted molar refractivity (Wildman–Crippen MR) is 75.0 cm³/mol. The van der Waals surface area contributed by atoms with E-state index in [4.69, 9.17) is 5.11 Å². The number of imidazole rings is 1. The highest BCUT2D eigenvalue weighted by molar-refractivity contribution is 5.98. The zero-order chi connectivity index (χ0) is 15.2. The van der Waals surface area contributed by atoms with Gasteiger partial charge >= 0.3 is 12.0 Å². The van der Waals surface area contributed by atoms with Crippen LogP contribution in [-0.2, 0) is 0 Å². The Morgan fingerprint density at radius 1 is 1.38 bits per heavy atom. The van der Waals surface area contributed by atoms with Gasteiger partial charge in [0.05, 0.1) is 11.7 Å². The topological polar surface area (TPSA) is 120 Å². The number of hydrogen-bond acceptors (Lipinski definition) is 4. The van der Waals surface area contributed by atoms with E-state index in [9.17, 15) is 9.59 Å². The fourth-order valence-electron chi connectivity index (χ4n) is 1.83. The summed E-state index contributed by atoms with van der Waals surface area (Å²) < 4.78 is 0. The molecule has 2 heterocycles. The number of carboxylic acids is 1. The normalized spacial score (nSPS) is 11.7. The monoisotopic (exact) mass is 289 g/mol. The van der Waals surface area contributed by atoms with Crippen LogP contribution in [0.25, 0.3) is 0 Å². The highest BCUT2D eigenvalue weighted by Gasteiger charge is 2.17. The van der Waals surface area contributed by atoms with E-state index in [1.807, 2.05) is 6.92 Å². The Hall–Kier alpha value is -2.90. The van der Waals surface area contributed by atoms with Gasteiger partial charge in [0.1, 0.15) is 5.82 Å². The molecule has 0 aliphatic carbocycles. The maximum Gasteiger partial charge on any atom is 0.356 e. The number of carbonyl (C=O) groups excluding carboxylic acids is 1. The molecule has 2 aromatic heterocycles. The molecular formula is C13H15N5O3. The molecule has 4 N–H and O–H groups in total. The Morgan fingerprint density at radius 3 is 2.81 bits per heavy atom. The Labute approximate surface area is 120 Å². The average molecular weight is 289 g/mol. The summed E-state index contributed by atoms with van der Waals surface area (Å²) in [6.45, 7) is 1.90. The van der Waals surface area contributed by atoms with Gasteiger partial charge < -0.3 is 20.7 Å². The number of urea groups is 1. The summed E-state index contributed by atoms with van der Waals surface area (Å²) in [5, 5.41) is 14.2. The van der Waals surface area contributed by atoms with Gasteiger partial charge in [-0.3, -0.25) is 0 Å². The molecule has 2 amide bonds. The van der Waals surface area contributed by atoms with Crippen molar-refractivity contribution in [3.63, 3.8) is 0 Å². The molecule has 0 bridgehead atoms. The van der Waals surface area contributed by atoms with Gasteiger partial charge in [-0.1, -0.05) is 6.92 Å². The molecule has 21 heavy (non-hydrogen) atoms. The second-order valence-corrected chi connectivity index (χ2v) is 4.24. The number of amides is 2. The van der Waals surface area contributed by atoms with Gasteiger partial charge in [-0.15, -0.1) is 0 Å². The Balaban J connectivity index is 2.07. The number of pyridine rings is 1. The van der Waals surface area contributed by atoms with Crippen LogP contribution in [0.4, 0.5) is 10.5 Å². The minimum Gasteiger partial charge on any atom is -0.476 e. The summed E-state index contributed by atoms with van der Waals surface area (Å²) in [6.07, 6.45) is 5.26. The predicted octanol–water partition coefficient (Wildman–Crippen LogP) is 1.78. The second kappa shape index (κ2) is 6.51. The number of rotatable bonds is 5. The first kappa shape index (κ1) is 14.5. The molecule has 0 spiro atoms. The van der Waals surface area contributed by atoms with Crippen molar-refractivity contribution < 1.29 is 14.7 Å². The molecule has 0 radical (unpaired) electrons. The maximum atomic E-state index is 12.0. The van der Waals surface area contributed by atoms with Crippen molar-refractivity contribution in [1.29, 1.82) is 0 Å². The third-order valence-electron chi connectivity index (χ3n) is 2.82. The molecule has 2 rings (SSSR count). The minimum absolute atomic E-state index is 0.136. The SMILES string of the molecule is CCC(NC(=O)Nc1cccnc1C(=O)O)c1ncc[nH]1. The van der Waals surface area contributed by atoms with Gasteiger partial charge in [-0.2, -0.15) is 0 Å². The smallest absolute Gasteiger partial charge is 0.356 e. The Bertz CT molecular complexity index is 626. The molecule has 1 unspecified atom stereocenters. The van der Waals surface area contributed by atoms with Crippen molar-refractivity contribution in [3.8, 4) is 0 Å². The van der Waals surface area contributed by atoms with Gasteiger partial charge in [-0.25, -0.2) is 19.6 Å². The maximum absolute atomic E-state index is 12.0. The van der Waals surface area contributed by atoms with Crippen molar-refractivity contribution in [2.45, 2.75) is 19.4 Å². The zero-order valence-electron chi connectivity index (χ0n) is 11.3. The van der Waals surface area contributed by atoms with E-state index in [0.717, 1.165) is 0 Å². The minimum atomic E-state index is -1.20. The summed E-state index contributed by atoms with van der Waals surface area (Å²) in [4.78, 5) is 33.7. The Kier molecular flexibility index (Phi) is 4.50. The fraction of sp³-hybridized carbons (Fsp3) is 0.231. The van der Waals surface area contributed by atoms with Crippen LogP contribution in [0.1, 0.15) is 35.7 Å². The number of aromatic amines is 1. The van der Waals surface area contributed by atoms with Crippen LogP contribution in [0.15, 0.2) is 30.7 Å². The number of aromatic carboxylic acids is 1. The third-order valence-corrected chi connectivity index (χ3v) is 2.82. The number of nitrogens with one attached hydrogen (secondary N) is 3. The second-order valence-electron chi connectivity index (χ2n) is 4.24. The third kappa shape index (κ3) is 3.56. The van der Waals surface area contributed by atoms with Crippen molar-refractivity contribution >= 4 is 17.7 Å². The van der Waals surface area contributed by atoms with E-state index < -0.39 is 12.0 Å².